The fraction of sp³-hybridized carbons (Fsp3) is 0.600. The second kappa shape index (κ2) is 7.99. The lowest BCUT2D eigenvalue weighted by atomic mass is 10.2. The van der Waals surface area contributed by atoms with Crippen LogP contribution in [0.4, 0.5) is 5.69 Å². The van der Waals surface area contributed by atoms with Crippen molar-refractivity contribution in [3.8, 4) is 5.75 Å². The molecule has 2 heteroatoms. The van der Waals surface area contributed by atoms with Gasteiger partial charge >= 0.3 is 0 Å². The smallest absolute Gasteiger partial charge is 0.121 e. The Bertz CT molecular complexity index is 312. The second-order valence-electron chi connectivity index (χ2n) is 4.50. The van der Waals surface area contributed by atoms with Crippen molar-refractivity contribution in [2.75, 3.05) is 11.9 Å². The summed E-state index contributed by atoms with van der Waals surface area (Å²) >= 11 is 0. The Kier molecular flexibility index (Phi) is 6.53. The molecule has 1 rings (SSSR count). The standard InChI is InChI=1S/C15H25NO/c1-4-6-7-11-16-14-9-8-10-15(12-14)17-13(3)5-2/h8-10,12-13,16H,4-7,11H2,1-3H3. The fourth-order valence-corrected chi connectivity index (χ4v) is 1.60. The third kappa shape index (κ3) is 5.62. The third-order valence-electron chi connectivity index (χ3n) is 2.86. The Hall–Kier alpha value is -1.18. The Morgan fingerprint density at radius 1 is 1.24 bits per heavy atom. The van der Waals surface area contributed by atoms with Crippen LogP contribution in [-0.4, -0.2) is 12.6 Å². The van der Waals surface area contributed by atoms with Gasteiger partial charge in [-0.3, -0.25) is 0 Å². The Morgan fingerprint density at radius 3 is 2.76 bits per heavy atom. The van der Waals surface area contributed by atoms with E-state index in [-0.39, 0.29) is 6.10 Å². The zero-order valence-corrected chi connectivity index (χ0v) is 11.3. The highest BCUT2D eigenvalue weighted by atomic mass is 16.5. The maximum absolute atomic E-state index is 5.79. The van der Waals surface area contributed by atoms with Gasteiger partial charge < -0.3 is 10.1 Å². The molecular weight excluding hydrogens is 210 g/mol. The molecule has 17 heavy (non-hydrogen) atoms. The minimum atomic E-state index is 0.283. The van der Waals surface area contributed by atoms with E-state index in [2.05, 4.69) is 38.2 Å². The average molecular weight is 235 g/mol. The van der Waals surface area contributed by atoms with E-state index in [1.807, 2.05) is 12.1 Å². The Labute approximate surface area is 105 Å². The van der Waals surface area contributed by atoms with Gasteiger partial charge in [0.25, 0.3) is 0 Å². The lowest BCUT2D eigenvalue weighted by Gasteiger charge is -2.14. The van der Waals surface area contributed by atoms with Gasteiger partial charge in [0.1, 0.15) is 5.75 Å². The molecule has 0 fully saturated rings. The van der Waals surface area contributed by atoms with Crippen molar-refractivity contribution in [3.05, 3.63) is 24.3 Å². The number of nitrogens with one attached hydrogen (secondary N) is 1. The van der Waals surface area contributed by atoms with Crippen molar-refractivity contribution in [3.63, 3.8) is 0 Å². The van der Waals surface area contributed by atoms with Crippen LogP contribution in [0, 0.1) is 0 Å². The first-order chi connectivity index (χ1) is 8.26. The molecule has 0 aromatic heterocycles. The molecule has 1 aromatic carbocycles. The van der Waals surface area contributed by atoms with Crippen LogP contribution >= 0.6 is 0 Å². The molecule has 0 aliphatic rings. The molecule has 1 aromatic rings. The van der Waals surface area contributed by atoms with E-state index in [9.17, 15) is 0 Å². The lowest BCUT2D eigenvalue weighted by molar-refractivity contribution is 0.217. The van der Waals surface area contributed by atoms with Gasteiger partial charge in [-0.2, -0.15) is 0 Å². The van der Waals surface area contributed by atoms with E-state index in [0.717, 1.165) is 24.4 Å². The minimum Gasteiger partial charge on any atom is -0.491 e. The predicted molar refractivity (Wildman–Crippen MR) is 74.8 cm³/mol. The number of ether oxygens (including phenoxy) is 1. The van der Waals surface area contributed by atoms with Crippen LogP contribution in [0.5, 0.6) is 5.75 Å². The molecule has 0 aliphatic carbocycles. The summed E-state index contributed by atoms with van der Waals surface area (Å²) in [5.74, 6) is 0.958. The maximum Gasteiger partial charge on any atom is 0.121 e. The molecule has 0 saturated heterocycles. The summed E-state index contributed by atoms with van der Waals surface area (Å²) in [6.45, 7) is 7.50. The minimum absolute atomic E-state index is 0.283. The zero-order chi connectivity index (χ0) is 12.5. The highest BCUT2D eigenvalue weighted by molar-refractivity contribution is 5.48. The van der Waals surface area contributed by atoms with Gasteiger partial charge in [0.2, 0.25) is 0 Å². The summed E-state index contributed by atoms with van der Waals surface area (Å²) in [5, 5.41) is 3.43. The molecule has 0 saturated carbocycles. The molecule has 0 aliphatic heterocycles. The number of hydrogen-bond acceptors (Lipinski definition) is 2. The molecule has 0 bridgehead atoms. The van der Waals surface area contributed by atoms with E-state index in [1.54, 1.807) is 0 Å². The van der Waals surface area contributed by atoms with Gasteiger partial charge in [-0.15, -0.1) is 0 Å². The van der Waals surface area contributed by atoms with Crippen LogP contribution in [0.3, 0.4) is 0 Å². The number of rotatable bonds is 8. The normalized spacial score (nSPS) is 12.2. The summed E-state index contributed by atoms with van der Waals surface area (Å²) < 4.78 is 5.79. The number of anilines is 1. The quantitative estimate of drug-likeness (QED) is 0.671. The Morgan fingerprint density at radius 2 is 2.06 bits per heavy atom. The van der Waals surface area contributed by atoms with Crippen molar-refractivity contribution < 1.29 is 4.74 Å². The van der Waals surface area contributed by atoms with E-state index >= 15 is 0 Å². The molecule has 1 N–H and O–H groups in total. The van der Waals surface area contributed by atoms with Gasteiger partial charge in [0.15, 0.2) is 0 Å². The van der Waals surface area contributed by atoms with Crippen LogP contribution in [0.25, 0.3) is 0 Å². The summed E-state index contributed by atoms with van der Waals surface area (Å²) in [7, 11) is 0. The van der Waals surface area contributed by atoms with Crippen LogP contribution in [0.1, 0.15) is 46.5 Å². The fourth-order valence-electron chi connectivity index (χ4n) is 1.60. The first-order valence-electron chi connectivity index (χ1n) is 6.76. The summed E-state index contributed by atoms with van der Waals surface area (Å²) in [5.41, 5.74) is 1.15. The topological polar surface area (TPSA) is 21.3 Å². The molecule has 0 heterocycles. The summed E-state index contributed by atoms with van der Waals surface area (Å²) in [6.07, 6.45) is 5.10. The maximum atomic E-state index is 5.79. The average Bonchev–Trinajstić information content (AvgIpc) is 2.35. The first kappa shape index (κ1) is 13.9. The van der Waals surface area contributed by atoms with E-state index in [1.165, 1.54) is 19.3 Å². The SMILES string of the molecule is CCCCCNc1cccc(OC(C)CC)c1. The number of unbranched alkanes of at least 4 members (excludes halogenated alkanes) is 2. The molecule has 1 unspecified atom stereocenters. The zero-order valence-electron chi connectivity index (χ0n) is 11.3. The van der Waals surface area contributed by atoms with Gasteiger partial charge in [0.05, 0.1) is 6.10 Å². The highest BCUT2D eigenvalue weighted by Gasteiger charge is 2.01. The van der Waals surface area contributed by atoms with Crippen LogP contribution < -0.4 is 10.1 Å². The molecule has 1 atom stereocenters. The van der Waals surface area contributed by atoms with Crippen LogP contribution in [-0.2, 0) is 0 Å². The van der Waals surface area contributed by atoms with Gasteiger partial charge in [-0.25, -0.2) is 0 Å². The van der Waals surface area contributed by atoms with Crippen molar-refractivity contribution in [2.45, 2.75) is 52.6 Å². The first-order valence-corrected chi connectivity index (χ1v) is 6.76. The molecule has 0 radical (unpaired) electrons. The molecule has 0 amide bonds. The molecular formula is C15H25NO. The monoisotopic (exact) mass is 235 g/mol. The highest BCUT2D eigenvalue weighted by Crippen LogP contribution is 2.19. The van der Waals surface area contributed by atoms with Crippen molar-refractivity contribution in [2.24, 2.45) is 0 Å². The molecule has 2 nitrogen and oxygen atoms in total. The van der Waals surface area contributed by atoms with E-state index in [4.69, 9.17) is 4.74 Å². The lowest BCUT2D eigenvalue weighted by Crippen LogP contribution is -2.10. The van der Waals surface area contributed by atoms with Gasteiger partial charge in [0, 0.05) is 18.3 Å². The van der Waals surface area contributed by atoms with Crippen molar-refractivity contribution in [1.82, 2.24) is 0 Å². The van der Waals surface area contributed by atoms with Crippen molar-refractivity contribution in [1.29, 1.82) is 0 Å². The number of benzene rings is 1. The summed E-state index contributed by atoms with van der Waals surface area (Å²) in [4.78, 5) is 0. The Balaban J connectivity index is 2.42. The number of hydrogen-bond donors (Lipinski definition) is 1. The predicted octanol–water partition coefficient (Wildman–Crippen LogP) is 4.47. The van der Waals surface area contributed by atoms with Crippen LogP contribution in [0.15, 0.2) is 24.3 Å². The van der Waals surface area contributed by atoms with E-state index < -0.39 is 0 Å². The van der Waals surface area contributed by atoms with E-state index in [0.29, 0.717) is 0 Å². The summed E-state index contributed by atoms with van der Waals surface area (Å²) in [6, 6.07) is 8.23. The van der Waals surface area contributed by atoms with Gasteiger partial charge in [-0.05, 0) is 31.9 Å². The molecule has 0 spiro atoms. The third-order valence-corrected chi connectivity index (χ3v) is 2.86. The van der Waals surface area contributed by atoms with Gasteiger partial charge in [-0.1, -0.05) is 32.8 Å². The van der Waals surface area contributed by atoms with Crippen LogP contribution in [0.2, 0.25) is 0 Å². The molecule has 96 valence electrons. The largest absolute Gasteiger partial charge is 0.491 e. The second-order valence-corrected chi connectivity index (χ2v) is 4.50. The van der Waals surface area contributed by atoms with Crippen molar-refractivity contribution >= 4 is 5.69 Å².